The average Bonchev–Trinajstić information content (AvgIpc) is 2.70. The molecule has 2 aliphatic heterocycles. The minimum atomic E-state index is 0.637. The van der Waals surface area contributed by atoms with Gasteiger partial charge in [0.15, 0.2) is 0 Å². The van der Waals surface area contributed by atoms with E-state index in [4.69, 9.17) is 0 Å². The van der Waals surface area contributed by atoms with E-state index in [2.05, 4.69) is 34.4 Å². The highest BCUT2D eigenvalue weighted by atomic mass is 15.2. The lowest BCUT2D eigenvalue weighted by molar-refractivity contribution is 0.153. The Morgan fingerprint density at radius 2 is 1.95 bits per heavy atom. The van der Waals surface area contributed by atoms with Crippen LogP contribution in [0.15, 0.2) is 0 Å². The van der Waals surface area contributed by atoms with Crippen LogP contribution >= 0.6 is 0 Å². The maximum atomic E-state index is 3.71. The molecule has 118 valence electrons. The first-order valence-corrected chi connectivity index (χ1v) is 8.61. The number of nitrogens with one attached hydrogen (secondary N) is 2. The molecule has 0 aromatic carbocycles. The number of piperazine rings is 1. The van der Waals surface area contributed by atoms with E-state index in [1.54, 1.807) is 0 Å². The molecule has 0 amide bonds. The van der Waals surface area contributed by atoms with Crippen LogP contribution in [0, 0.1) is 0 Å². The Bertz CT molecular complexity index is 243. The van der Waals surface area contributed by atoms with Crippen molar-refractivity contribution < 1.29 is 0 Å². The zero-order chi connectivity index (χ0) is 14.2. The monoisotopic (exact) mass is 282 g/mol. The zero-order valence-electron chi connectivity index (χ0n) is 13.5. The van der Waals surface area contributed by atoms with Crippen molar-refractivity contribution in [2.24, 2.45) is 0 Å². The van der Waals surface area contributed by atoms with E-state index in [0.717, 1.165) is 12.6 Å². The maximum absolute atomic E-state index is 3.71. The summed E-state index contributed by atoms with van der Waals surface area (Å²) >= 11 is 0. The van der Waals surface area contributed by atoms with E-state index in [9.17, 15) is 0 Å². The summed E-state index contributed by atoms with van der Waals surface area (Å²) in [5.74, 6) is 0. The quantitative estimate of drug-likeness (QED) is 0.765. The molecule has 0 saturated carbocycles. The molecule has 4 nitrogen and oxygen atoms in total. The lowest BCUT2D eigenvalue weighted by Crippen LogP contribution is -2.47. The fourth-order valence-electron chi connectivity index (χ4n) is 3.35. The van der Waals surface area contributed by atoms with Gasteiger partial charge in [0.05, 0.1) is 0 Å². The largest absolute Gasteiger partial charge is 0.314 e. The van der Waals surface area contributed by atoms with Crippen molar-refractivity contribution in [3.63, 3.8) is 0 Å². The van der Waals surface area contributed by atoms with Gasteiger partial charge in [0, 0.05) is 51.4 Å². The van der Waals surface area contributed by atoms with Crippen LogP contribution in [0.4, 0.5) is 0 Å². The molecule has 0 aromatic heterocycles. The van der Waals surface area contributed by atoms with E-state index in [0.29, 0.717) is 6.04 Å². The maximum Gasteiger partial charge on any atom is 0.0110 e. The molecule has 2 unspecified atom stereocenters. The molecular weight excluding hydrogens is 248 g/mol. The minimum absolute atomic E-state index is 0.637. The second-order valence-corrected chi connectivity index (χ2v) is 6.74. The van der Waals surface area contributed by atoms with Crippen molar-refractivity contribution in [3.8, 4) is 0 Å². The molecule has 2 atom stereocenters. The van der Waals surface area contributed by atoms with Gasteiger partial charge in [-0.15, -0.1) is 0 Å². The summed E-state index contributed by atoms with van der Waals surface area (Å²) in [6, 6.07) is 1.38. The van der Waals surface area contributed by atoms with E-state index in [1.807, 2.05) is 0 Å². The Labute approximate surface area is 125 Å². The normalized spacial score (nSPS) is 28.2. The predicted octanol–water partition coefficient (Wildman–Crippen LogP) is 1.13. The fourth-order valence-corrected chi connectivity index (χ4v) is 3.35. The average molecular weight is 282 g/mol. The molecule has 2 heterocycles. The smallest absolute Gasteiger partial charge is 0.0110 e. The Morgan fingerprint density at radius 1 is 1.15 bits per heavy atom. The molecule has 4 heteroatoms. The van der Waals surface area contributed by atoms with Crippen LogP contribution in [0.1, 0.15) is 39.0 Å². The first-order chi connectivity index (χ1) is 9.74. The Kier molecular flexibility index (Phi) is 7.28. The summed E-state index contributed by atoms with van der Waals surface area (Å²) < 4.78 is 0. The van der Waals surface area contributed by atoms with Gasteiger partial charge in [-0.25, -0.2) is 0 Å². The number of hydrogen-bond acceptors (Lipinski definition) is 4. The van der Waals surface area contributed by atoms with Crippen LogP contribution < -0.4 is 10.6 Å². The van der Waals surface area contributed by atoms with Crippen LogP contribution in [-0.2, 0) is 0 Å². The van der Waals surface area contributed by atoms with Gasteiger partial charge >= 0.3 is 0 Å². The third-order valence-electron chi connectivity index (χ3n) is 4.82. The summed E-state index contributed by atoms with van der Waals surface area (Å²) in [5.41, 5.74) is 0. The van der Waals surface area contributed by atoms with Gasteiger partial charge in [-0.3, -0.25) is 4.90 Å². The van der Waals surface area contributed by atoms with Crippen LogP contribution in [0.2, 0.25) is 0 Å². The van der Waals surface area contributed by atoms with Crippen molar-refractivity contribution in [2.45, 2.75) is 51.1 Å². The third-order valence-corrected chi connectivity index (χ3v) is 4.82. The van der Waals surface area contributed by atoms with E-state index >= 15 is 0 Å². The number of hydrogen-bond donors (Lipinski definition) is 2. The lowest BCUT2D eigenvalue weighted by atomic mass is 10.0. The van der Waals surface area contributed by atoms with Gasteiger partial charge in [0.1, 0.15) is 0 Å². The van der Waals surface area contributed by atoms with Gasteiger partial charge in [-0.1, -0.05) is 12.8 Å². The lowest BCUT2D eigenvalue weighted by Gasteiger charge is -2.32. The Hall–Kier alpha value is -0.160. The molecule has 2 fully saturated rings. The molecule has 2 N–H and O–H groups in total. The summed E-state index contributed by atoms with van der Waals surface area (Å²) in [6.07, 6.45) is 6.83. The van der Waals surface area contributed by atoms with Crippen LogP contribution in [0.25, 0.3) is 0 Å². The number of nitrogens with zero attached hydrogens (tertiary/aromatic N) is 2. The first-order valence-electron chi connectivity index (χ1n) is 8.61. The highest BCUT2D eigenvalue weighted by molar-refractivity contribution is 4.77. The zero-order valence-corrected chi connectivity index (χ0v) is 13.5. The van der Waals surface area contributed by atoms with E-state index in [1.165, 1.54) is 71.4 Å². The van der Waals surface area contributed by atoms with Crippen LogP contribution in [-0.4, -0.2) is 74.7 Å². The molecular formula is C16H34N4. The first kappa shape index (κ1) is 16.2. The highest BCUT2D eigenvalue weighted by Gasteiger charge is 2.16. The molecule has 2 saturated heterocycles. The Morgan fingerprint density at radius 3 is 2.75 bits per heavy atom. The van der Waals surface area contributed by atoms with Crippen molar-refractivity contribution >= 4 is 0 Å². The van der Waals surface area contributed by atoms with Gasteiger partial charge in [0.2, 0.25) is 0 Å². The molecule has 20 heavy (non-hydrogen) atoms. The molecule has 2 rings (SSSR count). The van der Waals surface area contributed by atoms with Gasteiger partial charge in [0.25, 0.3) is 0 Å². The number of rotatable bonds is 6. The third kappa shape index (κ3) is 6.08. The fraction of sp³-hybridized carbons (Fsp3) is 1.00. The van der Waals surface area contributed by atoms with Gasteiger partial charge in [-0.05, 0) is 39.8 Å². The summed E-state index contributed by atoms with van der Waals surface area (Å²) in [5, 5.41) is 7.41. The molecule has 0 aromatic rings. The van der Waals surface area contributed by atoms with Crippen molar-refractivity contribution in [3.05, 3.63) is 0 Å². The topological polar surface area (TPSA) is 30.5 Å². The summed E-state index contributed by atoms with van der Waals surface area (Å²) in [6.45, 7) is 10.8. The van der Waals surface area contributed by atoms with E-state index < -0.39 is 0 Å². The van der Waals surface area contributed by atoms with E-state index in [-0.39, 0.29) is 0 Å². The Balaban J connectivity index is 1.54. The van der Waals surface area contributed by atoms with Crippen LogP contribution in [0.5, 0.6) is 0 Å². The minimum Gasteiger partial charge on any atom is -0.314 e. The summed E-state index contributed by atoms with van der Waals surface area (Å²) in [7, 11) is 2.22. The second kappa shape index (κ2) is 8.98. The van der Waals surface area contributed by atoms with Crippen molar-refractivity contribution in [1.29, 1.82) is 0 Å². The van der Waals surface area contributed by atoms with Gasteiger partial charge < -0.3 is 15.5 Å². The molecule has 0 bridgehead atoms. The molecule has 0 spiro atoms. The molecule has 2 aliphatic rings. The number of likely N-dealkylation sites (N-methyl/N-ethyl adjacent to an activating group) is 1. The molecule has 0 radical (unpaired) electrons. The van der Waals surface area contributed by atoms with Crippen molar-refractivity contribution in [1.82, 2.24) is 20.4 Å². The second-order valence-electron chi connectivity index (χ2n) is 6.74. The SMILES string of the molecule is CC(CC1CCCCCN1)NCCN1CCN(C)CC1. The summed E-state index contributed by atoms with van der Waals surface area (Å²) in [4.78, 5) is 5.01. The standard InChI is InChI=1S/C16H34N4/c1-15(14-16-6-4-3-5-7-18-16)17-8-9-20-12-10-19(2)11-13-20/h15-18H,3-14H2,1-2H3. The van der Waals surface area contributed by atoms with Crippen LogP contribution in [0.3, 0.4) is 0 Å². The predicted molar refractivity (Wildman–Crippen MR) is 86.3 cm³/mol. The highest BCUT2D eigenvalue weighted by Crippen LogP contribution is 2.12. The molecule has 0 aliphatic carbocycles. The van der Waals surface area contributed by atoms with Gasteiger partial charge in [-0.2, -0.15) is 0 Å². The van der Waals surface area contributed by atoms with Crippen molar-refractivity contribution in [2.75, 3.05) is 52.9 Å².